The van der Waals surface area contributed by atoms with Crippen LogP contribution >= 0.6 is 0 Å². The van der Waals surface area contributed by atoms with E-state index in [-0.39, 0.29) is 13.1 Å². The zero-order chi connectivity index (χ0) is 18.1. The first-order valence-electron chi connectivity index (χ1n) is 6.78. The second-order valence-electron chi connectivity index (χ2n) is 5.32. The fraction of sp³-hybridized carbons (Fsp3) is 0.917. The SMILES string of the molecule is CC(=O)N[C@H](N1CCCCC1)C(F)(F)C(F)(F)C(F)(F)C(F)F. The molecule has 11 heteroatoms. The first-order chi connectivity index (χ1) is 10.4. The predicted molar refractivity (Wildman–Crippen MR) is 63.9 cm³/mol. The molecular weight excluding hydrogens is 340 g/mol. The molecule has 0 aromatic rings. The molecular formula is C12H16F8N2O. The molecule has 3 nitrogen and oxygen atoms in total. The molecule has 1 saturated heterocycles. The minimum Gasteiger partial charge on any atom is -0.335 e. The van der Waals surface area contributed by atoms with Crippen molar-refractivity contribution in [3.05, 3.63) is 0 Å². The number of likely N-dealkylation sites (tertiary alicyclic amines) is 1. The van der Waals surface area contributed by atoms with Crippen molar-refractivity contribution in [1.29, 1.82) is 0 Å². The fourth-order valence-electron chi connectivity index (χ4n) is 2.31. The largest absolute Gasteiger partial charge is 0.381 e. The predicted octanol–water partition coefficient (Wildman–Crippen LogP) is 3.11. The highest BCUT2D eigenvalue weighted by Crippen LogP contribution is 2.50. The van der Waals surface area contributed by atoms with E-state index >= 15 is 0 Å². The normalized spacial score (nSPS) is 19.7. The van der Waals surface area contributed by atoms with Gasteiger partial charge >= 0.3 is 24.2 Å². The van der Waals surface area contributed by atoms with Crippen LogP contribution in [0.2, 0.25) is 0 Å². The van der Waals surface area contributed by atoms with Crippen molar-refractivity contribution in [2.45, 2.75) is 56.5 Å². The molecule has 0 spiro atoms. The number of rotatable bonds is 6. The van der Waals surface area contributed by atoms with Gasteiger partial charge in [-0.2, -0.15) is 26.3 Å². The van der Waals surface area contributed by atoms with Crippen LogP contribution in [0.15, 0.2) is 0 Å². The molecule has 1 fully saturated rings. The van der Waals surface area contributed by atoms with E-state index in [1.807, 2.05) is 0 Å². The van der Waals surface area contributed by atoms with Gasteiger partial charge in [0.15, 0.2) is 6.17 Å². The van der Waals surface area contributed by atoms with Gasteiger partial charge in [0.1, 0.15) is 0 Å². The number of alkyl halides is 8. The molecule has 136 valence electrons. The third kappa shape index (κ3) is 3.69. The number of piperidine rings is 1. The number of amides is 1. The van der Waals surface area contributed by atoms with Gasteiger partial charge in [-0.25, -0.2) is 8.78 Å². The summed E-state index contributed by atoms with van der Waals surface area (Å²) >= 11 is 0. The maximum absolute atomic E-state index is 14.0. The number of hydrogen-bond acceptors (Lipinski definition) is 2. The quantitative estimate of drug-likeness (QED) is 0.742. The summed E-state index contributed by atoms with van der Waals surface area (Å²) in [6.45, 7) is 0.421. The Bertz CT molecular complexity index is 423. The molecule has 0 saturated carbocycles. The van der Waals surface area contributed by atoms with Crippen molar-refractivity contribution in [3.8, 4) is 0 Å². The number of nitrogens with zero attached hydrogens (tertiary/aromatic N) is 1. The topological polar surface area (TPSA) is 32.3 Å². The average Bonchev–Trinajstić information content (AvgIpc) is 2.44. The molecule has 1 aliphatic heterocycles. The van der Waals surface area contributed by atoms with Crippen LogP contribution in [0.4, 0.5) is 35.1 Å². The number of hydrogen-bond donors (Lipinski definition) is 1. The Balaban J connectivity index is 3.22. The maximum atomic E-state index is 14.0. The van der Waals surface area contributed by atoms with E-state index in [1.54, 1.807) is 0 Å². The van der Waals surface area contributed by atoms with Crippen LogP contribution in [0.3, 0.4) is 0 Å². The van der Waals surface area contributed by atoms with Crippen molar-refractivity contribution in [2.24, 2.45) is 0 Å². The summed E-state index contributed by atoms with van der Waals surface area (Å²) in [7, 11) is 0. The zero-order valence-electron chi connectivity index (χ0n) is 12.1. The summed E-state index contributed by atoms with van der Waals surface area (Å²) < 4.78 is 105. The lowest BCUT2D eigenvalue weighted by Gasteiger charge is -2.42. The number of carbonyl (C=O) groups excluding carboxylic acids is 1. The van der Waals surface area contributed by atoms with Crippen LogP contribution in [-0.2, 0) is 4.79 Å². The third-order valence-corrected chi connectivity index (χ3v) is 3.55. The van der Waals surface area contributed by atoms with Crippen molar-refractivity contribution < 1.29 is 39.9 Å². The monoisotopic (exact) mass is 356 g/mol. The molecule has 0 unspecified atom stereocenters. The summed E-state index contributed by atoms with van der Waals surface area (Å²) in [5.41, 5.74) is 0. The van der Waals surface area contributed by atoms with Crippen LogP contribution in [0.25, 0.3) is 0 Å². The van der Waals surface area contributed by atoms with Gasteiger partial charge in [-0.05, 0) is 12.8 Å². The van der Waals surface area contributed by atoms with E-state index in [0.717, 1.165) is 6.92 Å². The third-order valence-electron chi connectivity index (χ3n) is 3.55. The second kappa shape index (κ2) is 6.78. The molecule has 0 aromatic carbocycles. The average molecular weight is 356 g/mol. The van der Waals surface area contributed by atoms with Crippen LogP contribution in [0.5, 0.6) is 0 Å². The van der Waals surface area contributed by atoms with Gasteiger partial charge in [0, 0.05) is 20.0 Å². The van der Waals surface area contributed by atoms with Gasteiger partial charge < -0.3 is 5.32 Å². The van der Waals surface area contributed by atoms with E-state index in [4.69, 9.17) is 0 Å². The van der Waals surface area contributed by atoms with E-state index in [1.165, 1.54) is 5.32 Å². The van der Waals surface area contributed by atoms with Gasteiger partial charge in [-0.3, -0.25) is 9.69 Å². The Morgan fingerprint density at radius 2 is 1.43 bits per heavy atom. The highest BCUT2D eigenvalue weighted by atomic mass is 19.4. The lowest BCUT2D eigenvalue weighted by molar-refractivity contribution is -0.352. The number of nitrogens with one attached hydrogen (secondary N) is 1. The molecule has 23 heavy (non-hydrogen) atoms. The van der Waals surface area contributed by atoms with Crippen LogP contribution in [-0.4, -0.2) is 54.3 Å². The molecule has 0 aromatic heterocycles. The molecule has 0 aliphatic carbocycles. The minimum atomic E-state index is -6.35. The van der Waals surface area contributed by atoms with Gasteiger partial charge in [0.2, 0.25) is 5.91 Å². The van der Waals surface area contributed by atoms with E-state index in [2.05, 4.69) is 0 Å². The Labute approximate surface area is 127 Å². The first kappa shape index (κ1) is 19.9. The van der Waals surface area contributed by atoms with Gasteiger partial charge in [-0.1, -0.05) is 6.42 Å². The van der Waals surface area contributed by atoms with Crippen molar-refractivity contribution >= 4 is 5.91 Å². The van der Waals surface area contributed by atoms with E-state index in [9.17, 15) is 39.9 Å². The summed E-state index contributed by atoms with van der Waals surface area (Å²) in [6, 6.07) is 0. The Hall–Kier alpha value is -1.13. The van der Waals surface area contributed by atoms with Gasteiger partial charge in [-0.15, -0.1) is 0 Å². The summed E-state index contributed by atoms with van der Waals surface area (Å²) in [6.07, 6.45) is -6.53. The zero-order valence-corrected chi connectivity index (χ0v) is 12.1. The summed E-state index contributed by atoms with van der Waals surface area (Å²) in [4.78, 5) is 11.7. The van der Waals surface area contributed by atoms with E-state index in [0.29, 0.717) is 24.2 Å². The first-order valence-corrected chi connectivity index (χ1v) is 6.78. The van der Waals surface area contributed by atoms with Crippen LogP contribution < -0.4 is 5.32 Å². The van der Waals surface area contributed by atoms with Gasteiger partial charge in [0.05, 0.1) is 0 Å². The molecule has 1 rings (SSSR count). The number of halogens is 8. The van der Waals surface area contributed by atoms with Crippen LogP contribution in [0, 0.1) is 0 Å². The second-order valence-corrected chi connectivity index (χ2v) is 5.32. The highest BCUT2D eigenvalue weighted by molar-refractivity contribution is 5.73. The molecule has 1 N–H and O–H groups in total. The fourth-order valence-corrected chi connectivity index (χ4v) is 2.31. The lowest BCUT2D eigenvalue weighted by Crippen LogP contribution is -2.69. The van der Waals surface area contributed by atoms with Crippen molar-refractivity contribution in [1.82, 2.24) is 10.2 Å². The van der Waals surface area contributed by atoms with E-state index < -0.39 is 36.3 Å². The van der Waals surface area contributed by atoms with Crippen LogP contribution in [0.1, 0.15) is 26.2 Å². The van der Waals surface area contributed by atoms with Crippen molar-refractivity contribution in [3.63, 3.8) is 0 Å². The molecule has 0 radical (unpaired) electrons. The smallest absolute Gasteiger partial charge is 0.335 e. The Kier molecular flexibility index (Phi) is 5.87. The minimum absolute atomic E-state index is 0.156. The summed E-state index contributed by atoms with van der Waals surface area (Å²) in [5.74, 6) is -19.4. The Morgan fingerprint density at radius 1 is 0.957 bits per heavy atom. The molecule has 0 bridgehead atoms. The number of carbonyl (C=O) groups is 1. The highest BCUT2D eigenvalue weighted by Gasteiger charge is 2.78. The lowest BCUT2D eigenvalue weighted by atomic mass is 9.99. The Morgan fingerprint density at radius 3 is 1.83 bits per heavy atom. The summed E-state index contributed by atoms with van der Waals surface area (Å²) in [5, 5.41) is 1.49. The standard InChI is InChI=1S/C12H16F8N2O/c1-7(23)21-9(22-5-3-2-4-6-22)11(17,18)12(19,20)10(15,16)8(13)14/h8-9H,2-6H2,1H3,(H,21,23)/t9-/m1/s1. The maximum Gasteiger partial charge on any atom is 0.381 e. The van der Waals surface area contributed by atoms with Gasteiger partial charge in [0.25, 0.3) is 0 Å². The molecule has 1 aliphatic rings. The molecule has 1 amide bonds. The molecule has 1 heterocycles. The van der Waals surface area contributed by atoms with Crippen molar-refractivity contribution in [2.75, 3.05) is 13.1 Å². The molecule has 1 atom stereocenters.